The van der Waals surface area contributed by atoms with Crippen molar-refractivity contribution in [3.05, 3.63) is 68.7 Å². The number of hydrogen-bond donors (Lipinski definition) is 0. The van der Waals surface area contributed by atoms with E-state index in [0.29, 0.717) is 49.2 Å². The molecule has 3 rings (SSSR count). The summed E-state index contributed by atoms with van der Waals surface area (Å²) in [6, 6.07) is 12.3. The van der Waals surface area contributed by atoms with Gasteiger partial charge in [0, 0.05) is 29.7 Å². The molecule has 26 heavy (non-hydrogen) atoms. The number of rotatable bonds is 6. The third-order valence-corrected chi connectivity index (χ3v) is 4.22. The van der Waals surface area contributed by atoms with Crippen LogP contribution in [0.1, 0.15) is 11.1 Å². The van der Waals surface area contributed by atoms with Crippen molar-refractivity contribution < 1.29 is 14.5 Å². The van der Waals surface area contributed by atoms with E-state index in [1.165, 1.54) is 12.3 Å². The molecule has 7 nitrogen and oxygen atoms in total. The zero-order valence-corrected chi connectivity index (χ0v) is 14.8. The molecule has 0 bridgehead atoms. The molecule has 136 valence electrons. The molecule has 0 atom stereocenters. The van der Waals surface area contributed by atoms with Gasteiger partial charge in [0.15, 0.2) is 0 Å². The predicted molar refractivity (Wildman–Crippen MR) is 100.0 cm³/mol. The van der Waals surface area contributed by atoms with Crippen LogP contribution in [-0.2, 0) is 16.2 Å². The Labute approximate surface area is 155 Å². The van der Waals surface area contributed by atoms with E-state index in [4.69, 9.17) is 21.2 Å². The second kappa shape index (κ2) is 8.64. The van der Waals surface area contributed by atoms with Crippen LogP contribution in [0, 0.1) is 10.1 Å². The van der Waals surface area contributed by atoms with Gasteiger partial charge in [0.1, 0.15) is 12.3 Å². The first kappa shape index (κ1) is 18.2. The second-order valence-corrected chi connectivity index (χ2v) is 6.18. The van der Waals surface area contributed by atoms with Crippen molar-refractivity contribution in [3.8, 4) is 0 Å². The van der Waals surface area contributed by atoms with Crippen molar-refractivity contribution in [2.45, 2.75) is 6.61 Å². The first-order valence-electron chi connectivity index (χ1n) is 8.14. The van der Waals surface area contributed by atoms with Crippen LogP contribution in [0.2, 0.25) is 5.02 Å². The molecule has 1 fully saturated rings. The van der Waals surface area contributed by atoms with Crippen molar-refractivity contribution in [1.29, 1.82) is 0 Å². The number of benzene rings is 2. The number of hydrogen-bond acceptors (Lipinski definition) is 6. The van der Waals surface area contributed by atoms with E-state index in [0.717, 1.165) is 5.56 Å². The Kier molecular flexibility index (Phi) is 6.04. The van der Waals surface area contributed by atoms with Gasteiger partial charge in [-0.2, -0.15) is 0 Å². The summed E-state index contributed by atoms with van der Waals surface area (Å²) >= 11 is 5.83. The minimum atomic E-state index is -0.378. The van der Waals surface area contributed by atoms with Gasteiger partial charge in [-0.15, -0.1) is 0 Å². The fourth-order valence-corrected chi connectivity index (χ4v) is 2.76. The van der Waals surface area contributed by atoms with Crippen LogP contribution in [0.5, 0.6) is 0 Å². The van der Waals surface area contributed by atoms with Gasteiger partial charge in [-0.05, 0) is 23.8 Å². The lowest BCUT2D eigenvalue weighted by Crippen LogP contribution is -2.36. The fraction of sp³-hybridized carbons (Fsp3) is 0.278. The fourth-order valence-electron chi connectivity index (χ4n) is 2.63. The predicted octanol–water partition coefficient (Wildman–Crippen LogP) is 3.64. The highest BCUT2D eigenvalue weighted by Gasteiger charge is 2.21. The van der Waals surface area contributed by atoms with Crippen molar-refractivity contribution in [2.75, 3.05) is 31.2 Å². The van der Waals surface area contributed by atoms with Crippen molar-refractivity contribution >= 4 is 29.2 Å². The van der Waals surface area contributed by atoms with E-state index < -0.39 is 0 Å². The molecule has 0 aromatic heterocycles. The van der Waals surface area contributed by atoms with Crippen LogP contribution in [0.25, 0.3) is 0 Å². The van der Waals surface area contributed by atoms with E-state index >= 15 is 0 Å². The summed E-state index contributed by atoms with van der Waals surface area (Å²) in [6.45, 7) is 2.70. The first-order chi connectivity index (χ1) is 12.6. The number of nitro groups is 1. The van der Waals surface area contributed by atoms with Gasteiger partial charge < -0.3 is 14.5 Å². The van der Waals surface area contributed by atoms with Gasteiger partial charge in [-0.1, -0.05) is 35.0 Å². The van der Waals surface area contributed by atoms with Crippen LogP contribution in [0.4, 0.5) is 11.4 Å². The molecule has 0 saturated carbocycles. The van der Waals surface area contributed by atoms with Gasteiger partial charge in [-0.3, -0.25) is 10.1 Å². The Balaban J connectivity index is 1.66. The Morgan fingerprint density at radius 2 is 1.96 bits per heavy atom. The van der Waals surface area contributed by atoms with Crippen LogP contribution in [0.3, 0.4) is 0 Å². The maximum absolute atomic E-state index is 11.4. The molecule has 2 aromatic carbocycles. The maximum atomic E-state index is 11.4. The lowest BCUT2D eigenvalue weighted by Gasteiger charge is -2.28. The molecule has 0 radical (unpaired) electrons. The zero-order valence-electron chi connectivity index (χ0n) is 14.0. The van der Waals surface area contributed by atoms with Gasteiger partial charge in [0.05, 0.1) is 24.4 Å². The quantitative estimate of drug-likeness (QED) is 0.437. The second-order valence-electron chi connectivity index (χ2n) is 5.74. The molecule has 8 heteroatoms. The Morgan fingerprint density at radius 3 is 2.65 bits per heavy atom. The molecule has 1 aliphatic heterocycles. The average Bonchev–Trinajstić information content (AvgIpc) is 2.67. The third-order valence-electron chi connectivity index (χ3n) is 3.97. The molecular formula is C18H18ClN3O4. The molecule has 0 amide bonds. The largest absolute Gasteiger partial charge is 0.391 e. The number of nitrogens with zero attached hydrogens (tertiary/aromatic N) is 3. The summed E-state index contributed by atoms with van der Waals surface area (Å²) < 4.78 is 5.30. The summed E-state index contributed by atoms with van der Waals surface area (Å²) in [5.41, 5.74) is 2.18. The van der Waals surface area contributed by atoms with E-state index in [-0.39, 0.29) is 10.6 Å². The minimum absolute atomic E-state index is 0.0496. The van der Waals surface area contributed by atoms with Crippen molar-refractivity contribution in [2.24, 2.45) is 5.16 Å². The summed E-state index contributed by atoms with van der Waals surface area (Å²) in [6.07, 6.45) is 1.46. The van der Waals surface area contributed by atoms with Crippen LogP contribution in [-0.4, -0.2) is 37.4 Å². The van der Waals surface area contributed by atoms with Crippen LogP contribution >= 0.6 is 11.6 Å². The number of morpholine rings is 1. The van der Waals surface area contributed by atoms with E-state index in [2.05, 4.69) is 5.16 Å². The monoisotopic (exact) mass is 375 g/mol. The minimum Gasteiger partial charge on any atom is -0.391 e. The highest BCUT2D eigenvalue weighted by Crippen LogP contribution is 2.29. The lowest BCUT2D eigenvalue weighted by molar-refractivity contribution is -0.384. The smallest absolute Gasteiger partial charge is 0.293 e. The molecule has 1 aliphatic rings. The zero-order chi connectivity index (χ0) is 18.4. The molecule has 0 N–H and O–H groups in total. The molecule has 0 unspecified atom stereocenters. The molecule has 2 aromatic rings. The Hall–Kier alpha value is -2.64. The maximum Gasteiger partial charge on any atom is 0.293 e. The summed E-state index contributed by atoms with van der Waals surface area (Å²) in [5, 5.41) is 16.0. The molecular weight excluding hydrogens is 358 g/mol. The number of halogens is 1. The normalized spacial score (nSPS) is 14.6. The van der Waals surface area contributed by atoms with Gasteiger partial charge in [0.25, 0.3) is 5.69 Å². The highest BCUT2D eigenvalue weighted by atomic mass is 35.5. The van der Waals surface area contributed by atoms with Crippen LogP contribution < -0.4 is 4.90 Å². The lowest BCUT2D eigenvalue weighted by atomic mass is 10.1. The molecule has 0 aliphatic carbocycles. The van der Waals surface area contributed by atoms with Crippen LogP contribution in [0.15, 0.2) is 47.6 Å². The van der Waals surface area contributed by atoms with E-state index in [1.807, 2.05) is 17.0 Å². The standard InChI is InChI=1S/C18H18ClN3O4/c19-16-4-1-14(2-5-16)13-26-20-12-15-3-6-17(18(11-15)22(23)24)21-7-9-25-10-8-21/h1-6,11-12H,7-10,13H2/b20-12-. The van der Waals surface area contributed by atoms with Crippen molar-refractivity contribution in [3.63, 3.8) is 0 Å². The topological polar surface area (TPSA) is 77.2 Å². The summed E-state index contributed by atoms with van der Waals surface area (Å²) in [5.74, 6) is 0. The van der Waals surface area contributed by atoms with Gasteiger partial charge in [0.2, 0.25) is 0 Å². The first-order valence-corrected chi connectivity index (χ1v) is 8.52. The SMILES string of the molecule is O=[N+]([O-])c1cc(/C=N\OCc2ccc(Cl)cc2)ccc1N1CCOCC1. The number of oxime groups is 1. The Morgan fingerprint density at radius 1 is 1.23 bits per heavy atom. The highest BCUT2D eigenvalue weighted by molar-refractivity contribution is 6.30. The molecule has 0 spiro atoms. The third kappa shape index (κ3) is 4.71. The van der Waals surface area contributed by atoms with E-state index in [1.54, 1.807) is 24.3 Å². The summed E-state index contributed by atoms with van der Waals surface area (Å²) in [4.78, 5) is 18.2. The average molecular weight is 376 g/mol. The van der Waals surface area contributed by atoms with Gasteiger partial charge in [-0.25, -0.2) is 0 Å². The number of anilines is 1. The number of nitro benzene ring substituents is 1. The Bertz CT molecular complexity index is 790. The molecule has 1 heterocycles. The molecule has 1 saturated heterocycles. The number of ether oxygens (including phenoxy) is 1. The van der Waals surface area contributed by atoms with E-state index in [9.17, 15) is 10.1 Å². The van der Waals surface area contributed by atoms with Crippen molar-refractivity contribution in [1.82, 2.24) is 0 Å². The van der Waals surface area contributed by atoms with Gasteiger partial charge >= 0.3 is 0 Å². The summed E-state index contributed by atoms with van der Waals surface area (Å²) in [7, 11) is 0.